The zero-order chi connectivity index (χ0) is 26.7. The fourth-order valence-electron chi connectivity index (χ4n) is 6.21. The number of methoxy groups -OCH3 is 1. The van der Waals surface area contributed by atoms with Gasteiger partial charge < -0.3 is 10.1 Å². The van der Waals surface area contributed by atoms with E-state index in [1.54, 1.807) is 32.4 Å². The van der Waals surface area contributed by atoms with E-state index in [0.717, 1.165) is 0 Å². The van der Waals surface area contributed by atoms with Crippen LogP contribution in [0.15, 0.2) is 35.4 Å². The van der Waals surface area contributed by atoms with Gasteiger partial charge in [0.25, 0.3) is 5.56 Å². The fourth-order valence-corrected chi connectivity index (χ4v) is 8.43. The van der Waals surface area contributed by atoms with Gasteiger partial charge in [-0.15, -0.1) is 0 Å². The Morgan fingerprint density at radius 3 is 2.41 bits per heavy atom. The summed E-state index contributed by atoms with van der Waals surface area (Å²) >= 11 is 0. The van der Waals surface area contributed by atoms with E-state index in [2.05, 4.69) is 15.3 Å². The molecule has 1 aromatic carbocycles. The number of hydrogen-bond donors (Lipinski definition) is 1. The van der Waals surface area contributed by atoms with Crippen LogP contribution in [0.3, 0.4) is 0 Å². The summed E-state index contributed by atoms with van der Waals surface area (Å²) in [5, 5.41) is 3.95. The SMILES string of the molecule is COC1(c2cc3c(N[C@H](C)c4cccc(C(C)C)c4F)ncnc3n(C)c2=O)CC2CS(=O)(=O)CC2C1. The maximum atomic E-state index is 15.3. The number of ether oxygens (including phenoxy) is 1. The van der Waals surface area contributed by atoms with Crippen molar-refractivity contribution in [1.82, 2.24) is 14.5 Å². The molecule has 2 fully saturated rings. The molecule has 3 heterocycles. The molecule has 10 heteroatoms. The van der Waals surface area contributed by atoms with Gasteiger partial charge in [-0.25, -0.2) is 22.8 Å². The van der Waals surface area contributed by atoms with Crippen molar-refractivity contribution < 1.29 is 17.5 Å². The monoisotopic (exact) mass is 528 g/mol. The molecule has 3 aromatic rings. The fraction of sp³-hybridized carbons (Fsp3) is 0.519. The molecule has 37 heavy (non-hydrogen) atoms. The minimum absolute atomic E-state index is 0.0359. The Kier molecular flexibility index (Phi) is 6.39. The van der Waals surface area contributed by atoms with Crippen molar-refractivity contribution in [2.75, 3.05) is 23.9 Å². The lowest BCUT2D eigenvalue weighted by Gasteiger charge is -2.29. The molecule has 0 radical (unpaired) electrons. The molecule has 0 spiro atoms. The molecule has 1 N–H and O–H groups in total. The number of nitrogens with one attached hydrogen (secondary N) is 1. The zero-order valence-corrected chi connectivity index (χ0v) is 22.6. The molecule has 5 rings (SSSR count). The van der Waals surface area contributed by atoms with Crippen LogP contribution < -0.4 is 10.9 Å². The normalized spacial score (nSPS) is 25.5. The van der Waals surface area contributed by atoms with Crippen LogP contribution >= 0.6 is 0 Å². The number of aromatic nitrogens is 3. The minimum atomic E-state index is -3.06. The highest BCUT2D eigenvalue weighted by Crippen LogP contribution is 2.51. The summed E-state index contributed by atoms with van der Waals surface area (Å²) in [5.74, 6) is 0.481. The molecule has 2 unspecified atom stereocenters. The molecule has 1 aliphatic heterocycles. The van der Waals surface area contributed by atoms with E-state index in [4.69, 9.17) is 4.74 Å². The highest BCUT2D eigenvalue weighted by molar-refractivity contribution is 7.91. The number of halogens is 1. The highest BCUT2D eigenvalue weighted by atomic mass is 32.2. The van der Waals surface area contributed by atoms with Crippen molar-refractivity contribution in [3.63, 3.8) is 0 Å². The molecule has 2 aromatic heterocycles. The number of anilines is 1. The van der Waals surface area contributed by atoms with Gasteiger partial charge in [-0.3, -0.25) is 9.36 Å². The predicted molar refractivity (Wildman–Crippen MR) is 141 cm³/mol. The number of aryl methyl sites for hydroxylation is 1. The first-order valence-corrected chi connectivity index (χ1v) is 14.4. The molecule has 1 aliphatic carbocycles. The maximum Gasteiger partial charge on any atom is 0.258 e. The van der Waals surface area contributed by atoms with E-state index in [9.17, 15) is 13.2 Å². The smallest absolute Gasteiger partial charge is 0.258 e. The van der Waals surface area contributed by atoms with Crippen LogP contribution in [-0.2, 0) is 27.2 Å². The molecule has 2 aliphatic rings. The maximum absolute atomic E-state index is 15.3. The van der Waals surface area contributed by atoms with Gasteiger partial charge >= 0.3 is 0 Å². The summed E-state index contributed by atoms with van der Waals surface area (Å²) < 4.78 is 47.1. The van der Waals surface area contributed by atoms with E-state index in [0.29, 0.717) is 46.4 Å². The average molecular weight is 529 g/mol. The second-order valence-corrected chi connectivity index (χ2v) is 13.0. The van der Waals surface area contributed by atoms with Crippen molar-refractivity contribution in [2.45, 2.75) is 51.2 Å². The van der Waals surface area contributed by atoms with Crippen molar-refractivity contribution >= 4 is 26.7 Å². The number of sulfone groups is 1. The lowest BCUT2D eigenvalue weighted by Crippen LogP contribution is -2.36. The van der Waals surface area contributed by atoms with Crippen LogP contribution in [0.2, 0.25) is 0 Å². The summed E-state index contributed by atoms with van der Waals surface area (Å²) in [6.07, 6.45) is 2.32. The average Bonchev–Trinajstić information content (AvgIpc) is 3.32. The number of hydrogen-bond acceptors (Lipinski definition) is 7. The van der Waals surface area contributed by atoms with Crippen LogP contribution in [0.5, 0.6) is 0 Å². The topological polar surface area (TPSA) is 103 Å². The zero-order valence-electron chi connectivity index (χ0n) is 21.8. The third-order valence-corrected chi connectivity index (χ3v) is 10.0. The second-order valence-electron chi connectivity index (χ2n) is 10.9. The van der Waals surface area contributed by atoms with Gasteiger partial charge in [-0.05, 0) is 49.1 Å². The molecule has 0 amide bonds. The largest absolute Gasteiger partial charge is 0.373 e. The number of fused-ring (bicyclic) bond motifs is 2. The van der Waals surface area contributed by atoms with Crippen LogP contribution in [0.4, 0.5) is 10.2 Å². The summed E-state index contributed by atoms with van der Waals surface area (Å²) in [7, 11) is 0.175. The summed E-state index contributed by atoms with van der Waals surface area (Å²) in [6, 6.07) is 6.78. The Labute approximate surface area is 216 Å². The molecule has 3 atom stereocenters. The number of benzene rings is 1. The second kappa shape index (κ2) is 9.16. The third-order valence-electron chi connectivity index (χ3n) is 8.17. The third kappa shape index (κ3) is 4.33. The Bertz CT molecular complexity index is 1520. The van der Waals surface area contributed by atoms with E-state index >= 15 is 4.39 Å². The molecule has 1 saturated heterocycles. The van der Waals surface area contributed by atoms with Crippen LogP contribution in [0.25, 0.3) is 11.0 Å². The molecule has 0 bridgehead atoms. The van der Waals surface area contributed by atoms with Crippen molar-refractivity contribution in [3.05, 3.63) is 63.5 Å². The first-order valence-electron chi connectivity index (χ1n) is 12.6. The number of rotatable bonds is 6. The van der Waals surface area contributed by atoms with Crippen LogP contribution in [-0.4, -0.2) is 41.6 Å². The summed E-state index contributed by atoms with van der Waals surface area (Å²) in [6.45, 7) is 5.78. The Balaban J connectivity index is 1.57. The van der Waals surface area contributed by atoms with Crippen LogP contribution in [0, 0.1) is 17.7 Å². The van der Waals surface area contributed by atoms with Gasteiger partial charge in [0.15, 0.2) is 9.84 Å². The van der Waals surface area contributed by atoms with E-state index in [1.165, 1.54) is 10.9 Å². The van der Waals surface area contributed by atoms with Gasteiger partial charge in [0.1, 0.15) is 23.6 Å². The molecular formula is C27H33FN4O4S. The Morgan fingerprint density at radius 2 is 1.78 bits per heavy atom. The Morgan fingerprint density at radius 1 is 1.14 bits per heavy atom. The lowest BCUT2D eigenvalue weighted by molar-refractivity contribution is -0.0150. The van der Waals surface area contributed by atoms with Gasteiger partial charge in [0.05, 0.1) is 34.1 Å². The van der Waals surface area contributed by atoms with E-state index < -0.39 is 21.5 Å². The molecule has 198 valence electrons. The molecule has 8 nitrogen and oxygen atoms in total. The van der Waals surface area contributed by atoms with E-state index in [-0.39, 0.29) is 40.6 Å². The van der Waals surface area contributed by atoms with Crippen molar-refractivity contribution in [1.29, 1.82) is 0 Å². The van der Waals surface area contributed by atoms with Crippen LogP contribution in [0.1, 0.15) is 62.3 Å². The van der Waals surface area contributed by atoms with Gasteiger partial charge in [0.2, 0.25) is 0 Å². The van der Waals surface area contributed by atoms with Crippen molar-refractivity contribution in [3.8, 4) is 0 Å². The van der Waals surface area contributed by atoms with Gasteiger partial charge in [-0.2, -0.15) is 0 Å². The first-order chi connectivity index (χ1) is 17.5. The molecule has 1 saturated carbocycles. The quantitative estimate of drug-likeness (QED) is 0.515. The van der Waals surface area contributed by atoms with Gasteiger partial charge in [-0.1, -0.05) is 32.0 Å². The number of pyridine rings is 1. The standard InChI is InChI=1S/C27H33FN4O4S/c1-15(2)19-7-6-8-20(23(19)28)16(3)31-24-21-9-22(26(33)32(4)25(21)30-14-29-24)27(36-5)10-17-12-37(34,35)13-18(17)11-27/h6-9,14-18H,10-13H2,1-5H3,(H,29,30,31)/t16-,17?,18?,27?/m1/s1. The minimum Gasteiger partial charge on any atom is -0.373 e. The summed E-state index contributed by atoms with van der Waals surface area (Å²) in [4.78, 5) is 22.3. The van der Waals surface area contributed by atoms with Gasteiger partial charge in [0, 0.05) is 19.7 Å². The lowest BCUT2D eigenvalue weighted by atomic mass is 9.90. The first kappa shape index (κ1) is 25.8. The predicted octanol–water partition coefficient (Wildman–Crippen LogP) is 4.06. The summed E-state index contributed by atoms with van der Waals surface area (Å²) in [5.41, 5.74) is 0.980. The van der Waals surface area contributed by atoms with Crippen molar-refractivity contribution in [2.24, 2.45) is 18.9 Å². The Hall–Kier alpha value is -2.85. The number of nitrogens with zero attached hydrogens (tertiary/aromatic N) is 3. The highest BCUT2D eigenvalue weighted by Gasteiger charge is 2.53. The van der Waals surface area contributed by atoms with E-state index in [1.807, 2.05) is 26.8 Å². The molecular weight excluding hydrogens is 495 g/mol.